The SMILES string of the molecule is O=[N+]([O-])c1ccc(-c2nc3c(nc2-c2ccc([N+](=O)[O-])c([N+](=O)[O-])c2)c2nc(-c4ccc([N+](=O)[O-])c([N+](=O)[O-])c4)c(S(=O)(=O)c4ccc([N+](=O)[O-])c([N+](=O)[O-])c4)nc2c2nc(S(=O)(=O)c4ccc([N+](=O)[O-])c([N+](=O)[O-])c4)c(-c4ccc([N+](=O)[O-])c([N+](=O)[O-])c4)nc32)cc1[N+](=O)[O-]. The van der Waals surface area contributed by atoms with Gasteiger partial charge in [0.05, 0.1) is 80.3 Å². The van der Waals surface area contributed by atoms with E-state index in [0.717, 1.165) is 12.1 Å². The molecule has 0 saturated carbocycles. The van der Waals surface area contributed by atoms with Crippen molar-refractivity contribution in [3.8, 4) is 45.0 Å². The number of rotatable bonds is 20. The van der Waals surface area contributed by atoms with Crippen LogP contribution in [0.4, 0.5) is 68.2 Å². The van der Waals surface area contributed by atoms with Gasteiger partial charge in [-0.3, -0.25) is 121 Å². The van der Waals surface area contributed by atoms with Crippen molar-refractivity contribution in [3.63, 3.8) is 0 Å². The Morgan fingerprint density at radius 1 is 0.219 bits per heavy atom. The molecule has 3 heterocycles. The number of nitrogens with zero attached hydrogens (tertiary/aromatic N) is 18. The van der Waals surface area contributed by atoms with Gasteiger partial charge >= 0.3 is 68.2 Å². The molecule has 0 aliphatic heterocycles. The minimum Gasteiger partial charge on any atom is -0.258 e. The van der Waals surface area contributed by atoms with Crippen LogP contribution in [0.3, 0.4) is 0 Å². The molecule has 0 saturated heterocycles. The average molecular weight is 1360 g/mol. The fraction of sp³-hybridized carbons (Fsp3) is 0. The van der Waals surface area contributed by atoms with E-state index in [1.807, 2.05) is 0 Å². The lowest BCUT2D eigenvalue weighted by molar-refractivity contribution is -0.422. The maximum Gasteiger partial charge on any atom is 0.347 e. The van der Waals surface area contributed by atoms with E-state index in [9.17, 15) is 121 Å². The summed E-state index contributed by atoms with van der Waals surface area (Å²) < 4.78 is 61.4. The minimum atomic E-state index is -5.88. The summed E-state index contributed by atoms with van der Waals surface area (Å²) in [7, 11) is -11.8. The van der Waals surface area contributed by atoms with Crippen molar-refractivity contribution in [1.82, 2.24) is 29.9 Å². The van der Waals surface area contributed by atoms with Crippen molar-refractivity contribution < 1.29 is 75.9 Å². The monoisotopic (exact) mass is 1360 g/mol. The number of hydrogen-bond donors (Lipinski definition) is 0. The highest BCUT2D eigenvalue weighted by Gasteiger charge is 2.39. The van der Waals surface area contributed by atoms with Gasteiger partial charge in [-0.2, -0.15) is 0 Å². The van der Waals surface area contributed by atoms with Crippen molar-refractivity contribution in [2.45, 2.75) is 19.8 Å². The highest BCUT2D eigenvalue weighted by molar-refractivity contribution is 7.91. The topological polar surface area (TPSA) is 663 Å². The first-order chi connectivity index (χ1) is 45.0. The van der Waals surface area contributed by atoms with Gasteiger partial charge < -0.3 is 0 Å². The Morgan fingerprint density at radius 3 is 0.615 bits per heavy atom. The van der Waals surface area contributed by atoms with E-state index in [4.69, 9.17) is 0 Å². The van der Waals surface area contributed by atoms with Gasteiger partial charge in [0.25, 0.3) is 0 Å². The quantitative estimate of drug-likeness (QED) is 0.0390. The first-order valence-electron chi connectivity index (χ1n) is 24.9. The number of nitro benzene ring substituents is 12. The van der Waals surface area contributed by atoms with Crippen molar-refractivity contribution in [2.24, 2.45) is 0 Å². The molecule has 0 unspecified atom stereocenters. The number of aromatic nitrogens is 6. The molecule has 96 heavy (non-hydrogen) atoms. The lowest BCUT2D eigenvalue weighted by Crippen LogP contribution is -2.13. The molecule has 46 nitrogen and oxygen atoms in total. The van der Waals surface area contributed by atoms with E-state index in [0.29, 0.717) is 84.9 Å². The maximum absolute atomic E-state index is 15.3. The van der Waals surface area contributed by atoms with E-state index in [1.54, 1.807) is 0 Å². The second kappa shape index (κ2) is 23.3. The molecule has 10 rings (SSSR count). The van der Waals surface area contributed by atoms with E-state index in [1.165, 1.54) is 0 Å². The third-order valence-electron chi connectivity index (χ3n) is 13.7. The van der Waals surface area contributed by atoms with Crippen molar-refractivity contribution in [3.05, 3.63) is 231 Å². The first-order valence-corrected chi connectivity index (χ1v) is 27.9. The van der Waals surface area contributed by atoms with E-state index < -0.39 is 245 Å². The molecule has 3 aromatic heterocycles. The normalized spacial score (nSPS) is 11.5. The Bertz CT molecular complexity index is 5320. The van der Waals surface area contributed by atoms with Gasteiger partial charge in [-0.25, -0.2) is 46.7 Å². The van der Waals surface area contributed by atoms with Crippen LogP contribution in [0, 0.1) is 121 Å². The average Bonchev–Trinajstić information content (AvgIpc) is 0.707. The summed E-state index contributed by atoms with van der Waals surface area (Å²) in [6, 6.07) is 7.85. The fourth-order valence-electron chi connectivity index (χ4n) is 9.47. The highest BCUT2D eigenvalue weighted by Crippen LogP contribution is 2.46. The Kier molecular flexibility index (Phi) is 15.6. The molecule has 0 bridgehead atoms. The summed E-state index contributed by atoms with van der Waals surface area (Å²) in [5.41, 5.74) is -30.1. The largest absolute Gasteiger partial charge is 0.347 e. The van der Waals surface area contributed by atoms with Crippen LogP contribution in [0.1, 0.15) is 0 Å². The molecule has 10 aromatic rings. The van der Waals surface area contributed by atoms with E-state index >= 15 is 16.8 Å². The van der Waals surface area contributed by atoms with Gasteiger partial charge in [0.2, 0.25) is 19.7 Å². The third kappa shape index (κ3) is 10.9. The molecule has 0 aliphatic rings. The predicted molar refractivity (Wildman–Crippen MR) is 311 cm³/mol. The molecule has 0 radical (unpaired) electrons. The number of benzene rings is 7. The van der Waals surface area contributed by atoms with E-state index in [2.05, 4.69) is 29.9 Å². The van der Waals surface area contributed by atoms with Gasteiger partial charge in [-0.05, 0) is 36.4 Å². The number of hydrogen-bond acceptors (Lipinski definition) is 34. The predicted octanol–water partition coefficient (Wildman–Crippen LogP) is 8.75. The molecule has 0 amide bonds. The summed E-state index contributed by atoms with van der Waals surface area (Å²) in [5, 5.41) is 144. The van der Waals surface area contributed by atoms with Crippen LogP contribution in [0.15, 0.2) is 129 Å². The van der Waals surface area contributed by atoms with Crippen LogP contribution >= 0.6 is 0 Å². The summed E-state index contributed by atoms with van der Waals surface area (Å²) in [5.74, 6) is 0. The zero-order valence-corrected chi connectivity index (χ0v) is 47.3. The van der Waals surface area contributed by atoms with Crippen molar-refractivity contribution in [2.75, 3.05) is 0 Å². The smallest absolute Gasteiger partial charge is 0.258 e. The standard InChI is InChI=1S/C48H18N18O28S2/c67-55(68)25-7-1-19(13-31(25)61(79)80)37-38(20-2-8-26(56(69)70)32(14-20)62(81)82)50-42-41(49-37)43-45(53-47(39(51-43)21-3-9-27(57(71)72)33(15-21)63(83)84)95(91,92)23-5-11-29(59(75)76)35(17-23)65(87)88)46-44(42)52-40(22-4-10-28(58(73)74)34(16-22)64(85)86)48(54-46)96(93,94)24-6-12-30(60(77)78)36(18-24)66(89)90/h1-18H. The fourth-order valence-corrected chi connectivity index (χ4v) is 12.2. The number of fused-ring (bicyclic) bond motifs is 6. The zero-order chi connectivity index (χ0) is 70.2. The summed E-state index contributed by atoms with van der Waals surface area (Å²) in [6.45, 7) is 0. The van der Waals surface area contributed by atoms with Gasteiger partial charge in [0, 0.05) is 95.1 Å². The maximum atomic E-state index is 15.3. The molecule has 7 aromatic carbocycles. The molecule has 0 atom stereocenters. The van der Waals surface area contributed by atoms with Crippen LogP contribution in [0.5, 0.6) is 0 Å². The molecule has 0 spiro atoms. The summed E-state index contributed by atoms with van der Waals surface area (Å²) >= 11 is 0. The number of nitro groups is 12. The molecular weight excluding hydrogens is 1340 g/mol. The Hall–Kier alpha value is -14.7. The van der Waals surface area contributed by atoms with Gasteiger partial charge in [-0.15, -0.1) is 0 Å². The molecule has 0 fully saturated rings. The second-order valence-electron chi connectivity index (χ2n) is 19.0. The van der Waals surface area contributed by atoms with Crippen LogP contribution in [0.25, 0.3) is 78.1 Å². The molecular formula is C48H18N18O28S2. The number of sulfone groups is 2. The Labute approximate surface area is 520 Å². The van der Waals surface area contributed by atoms with Crippen molar-refractivity contribution in [1.29, 1.82) is 0 Å². The van der Waals surface area contributed by atoms with Crippen molar-refractivity contribution >= 4 is 121 Å². The van der Waals surface area contributed by atoms with Gasteiger partial charge in [-0.1, -0.05) is 0 Å². The highest BCUT2D eigenvalue weighted by atomic mass is 32.2. The van der Waals surface area contributed by atoms with Gasteiger partial charge in [0.15, 0.2) is 10.1 Å². The molecule has 480 valence electrons. The zero-order valence-electron chi connectivity index (χ0n) is 45.7. The van der Waals surface area contributed by atoms with Crippen LogP contribution in [0.2, 0.25) is 0 Å². The van der Waals surface area contributed by atoms with E-state index in [-0.39, 0.29) is 12.1 Å². The first kappa shape index (κ1) is 64.3. The lowest BCUT2D eigenvalue weighted by atomic mass is 10.0. The minimum absolute atomic E-state index is 0.106. The lowest BCUT2D eigenvalue weighted by Gasteiger charge is -2.17. The van der Waals surface area contributed by atoms with Crippen LogP contribution < -0.4 is 0 Å². The molecule has 0 N–H and O–H groups in total. The third-order valence-corrected chi connectivity index (χ3v) is 17.0. The second-order valence-corrected chi connectivity index (χ2v) is 22.7. The Morgan fingerprint density at radius 2 is 0.396 bits per heavy atom. The van der Waals surface area contributed by atoms with Gasteiger partial charge in [0.1, 0.15) is 44.5 Å². The molecule has 0 aliphatic carbocycles. The molecule has 48 heteroatoms. The summed E-state index contributed by atoms with van der Waals surface area (Å²) in [4.78, 5) is 155. The van der Waals surface area contributed by atoms with Crippen LogP contribution in [-0.2, 0) is 19.7 Å². The summed E-state index contributed by atoms with van der Waals surface area (Å²) in [6.07, 6.45) is 0. The Balaban J connectivity index is 1.52. The van der Waals surface area contributed by atoms with Crippen LogP contribution in [-0.4, -0.2) is 106 Å².